The number of halogens is 2. The van der Waals surface area contributed by atoms with Gasteiger partial charge in [0.15, 0.2) is 11.5 Å². The Bertz CT molecular complexity index is 818. The Morgan fingerprint density at radius 3 is 2.38 bits per heavy atom. The van der Waals surface area contributed by atoms with E-state index >= 15 is 0 Å². The van der Waals surface area contributed by atoms with Gasteiger partial charge < -0.3 is 5.32 Å². The van der Waals surface area contributed by atoms with Crippen molar-refractivity contribution >= 4 is 5.82 Å². The Labute approximate surface area is 151 Å². The molecule has 3 rings (SSSR count). The molecule has 1 aliphatic rings. The first-order valence-electron chi connectivity index (χ1n) is 8.64. The molecule has 26 heavy (non-hydrogen) atoms. The highest BCUT2D eigenvalue weighted by Gasteiger charge is 2.21. The van der Waals surface area contributed by atoms with Crippen molar-refractivity contribution in [2.45, 2.75) is 39.3 Å². The van der Waals surface area contributed by atoms with Crippen molar-refractivity contribution in [3.05, 3.63) is 52.2 Å². The maximum atomic E-state index is 13.3. The van der Waals surface area contributed by atoms with Gasteiger partial charge in [-0.2, -0.15) is 5.26 Å². The van der Waals surface area contributed by atoms with Gasteiger partial charge in [0.05, 0.1) is 0 Å². The van der Waals surface area contributed by atoms with Crippen LogP contribution in [0.3, 0.4) is 0 Å². The van der Waals surface area contributed by atoms with Crippen LogP contribution in [0.1, 0.15) is 35.2 Å². The number of benzene rings is 1. The highest BCUT2D eigenvalue weighted by Crippen LogP contribution is 2.22. The number of likely N-dealkylation sites (tertiary alicyclic amines) is 1. The van der Waals surface area contributed by atoms with E-state index < -0.39 is 11.6 Å². The maximum Gasteiger partial charge on any atom is 0.166 e. The van der Waals surface area contributed by atoms with Crippen molar-refractivity contribution in [3.8, 4) is 6.07 Å². The van der Waals surface area contributed by atoms with Gasteiger partial charge in [-0.25, -0.2) is 8.78 Å². The van der Waals surface area contributed by atoms with Crippen LogP contribution in [0.25, 0.3) is 0 Å². The second-order valence-electron chi connectivity index (χ2n) is 6.73. The van der Waals surface area contributed by atoms with Crippen LogP contribution in [0.2, 0.25) is 0 Å². The summed E-state index contributed by atoms with van der Waals surface area (Å²) < 4.78 is 26.6. The fourth-order valence-corrected chi connectivity index (χ4v) is 3.24. The zero-order valence-corrected chi connectivity index (χ0v) is 14.9. The highest BCUT2D eigenvalue weighted by molar-refractivity contribution is 5.50. The van der Waals surface area contributed by atoms with Crippen molar-refractivity contribution in [2.24, 2.45) is 0 Å². The first kappa shape index (κ1) is 18.2. The van der Waals surface area contributed by atoms with E-state index in [0.717, 1.165) is 43.1 Å². The van der Waals surface area contributed by atoms with Crippen molar-refractivity contribution < 1.29 is 8.78 Å². The molecule has 0 bridgehead atoms. The summed E-state index contributed by atoms with van der Waals surface area (Å²) in [5.41, 5.74) is 2.79. The molecule has 0 aliphatic carbocycles. The van der Waals surface area contributed by atoms with Crippen LogP contribution in [0.4, 0.5) is 14.6 Å². The van der Waals surface area contributed by atoms with Gasteiger partial charge in [0.2, 0.25) is 0 Å². The van der Waals surface area contributed by atoms with Crippen LogP contribution in [0, 0.1) is 36.8 Å². The topological polar surface area (TPSA) is 64.8 Å². The quantitative estimate of drug-likeness (QED) is 0.909. The molecule has 0 amide bonds. The van der Waals surface area contributed by atoms with E-state index in [4.69, 9.17) is 5.26 Å². The molecule has 136 valence electrons. The van der Waals surface area contributed by atoms with Gasteiger partial charge in [0.1, 0.15) is 17.7 Å². The number of hydrogen-bond acceptors (Lipinski definition) is 5. The predicted octanol–water partition coefficient (Wildman–Crippen LogP) is 3.32. The Kier molecular flexibility index (Phi) is 5.43. The van der Waals surface area contributed by atoms with E-state index in [0.29, 0.717) is 23.6 Å². The van der Waals surface area contributed by atoms with E-state index in [9.17, 15) is 8.78 Å². The maximum absolute atomic E-state index is 13.3. The molecular formula is C19H21F2N5. The number of aromatic nitrogens is 2. The first-order chi connectivity index (χ1) is 12.5. The SMILES string of the molecule is Cc1c(C#N)nnc(NC2CCN(Cc3cc(F)cc(F)c3)CC2)c1C. The molecule has 2 aromatic rings. The van der Waals surface area contributed by atoms with Gasteiger partial charge in [-0.1, -0.05) is 0 Å². The van der Waals surface area contributed by atoms with Crippen LogP contribution in [-0.4, -0.2) is 34.2 Å². The fraction of sp³-hybridized carbons (Fsp3) is 0.421. The Morgan fingerprint density at radius 2 is 1.77 bits per heavy atom. The second kappa shape index (κ2) is 7.75. The first-order valence-corrected chi connectivity index (χ1v) is 8.64. The third-order valence-corrected chi connectivity index (χ3v) is 4.89. The lowest BCUT2D eigenvalue weighted by Crippen LogP contribution is -2.39. The average molecular weight is 357 g/mol. The number of rotatable bonds is 4. The lowest BCUT2D eigenvalue weighted by atomic mass is 10.0. The van der Waals surface area contributed by atoms with E-state index in [2.05, 4.69) is 20.4 Å². The molecule has 1 aromatic carbocycles. The van der Waals surface area contributed by atoms with Crippen LogP contribution in [0.15, 0.2) is 18.2 Å². The molecule has 0 spiro atoms. The van der Waals surface area contributed by atoms with Crippen molar-refractivity contribution in [1.82, 2.24) is 15.1 Å². The number of nitrogens with one attached hydrogen (secondary N) is 1. The standard InChI is InChI=1S/C19H21F2N5/c1-12-13(2)19(25-24-18(12)10-22)23-17-3-5-26(6-4-17)11-14-7-15(20)9-16(21)8-14/h7-9,17H,3-6,11H2,1-2H3,(H,23,25). The zero-order chi connectivity index (χ0) is 18.7. The summed E-state index contributed by atoms with van der Waals surface area (Å²) in [5.74, 6) is -0.365. The lowest BCUT2D eigenvalue weighted by Gasteiger charge is -2.32. The van der Waals surface area contributed by atoms with Crippen LogP contribution in [0.5, 0.6) is 0 Å². The molecule has 0 radical (unpaired) electrons. The van der Waals surface area contributed by atoms with Crippen molar-refractivity contribution in [3.63, 3.8) is 0 Å². The van der Waals surface area contributed by atoms with E-state index in [1.54, 1.807) is 0 Å². The van der Waals surface area contributed by atoms with Crippen LogP contribution >= 0.6 is 0 Å². The molecule has 0 unspecified atom stereocenters. The smallest absolute Gasteiger partial charge is 0.166 e. The van der Waals surface area contributed by atoms with Gasteiger partial charge in [-0.05, 0) is 55.5 Å². The molecule has 1 aliphatic heterocycles. The minimum atomic E-state index is -0.540. The number of piperidine rings is 1. The summed E-state index contributed by atoms with van der Waals surface area (Å²) in [7, 11) is 0. The predicted molar refractivity (Wildman–Crippen MR) is 94.5 cm³/mol. The van der Waals surface area contributed by atoms with Gasteiger partial charge in [0, 0.05) is 31.7 Å². The fourth-order valence-electron chi connectivity index (χ4n) is 3.24. The van der Waals surface area contributed by atoms with Gasteiger partial charge in [-0.3, -0.25) is 4.90 Å². The van der Waals surface area contributed by atoms with E-state index in [1.807, 2.05) is 19.9 Å². The van der Waals surface area contributed by atoms with Gasteiger partial charge in [0.25, 0.3) is 0 Å². The lowest BCUT2D eigenvalue weighted by molar-refractivity contribution is 0.210. The van der Waals surface area contributed by atoms with Gasteiger partial charge in [-0.15, -0.1) is 10.2 Å². The average Bonchev–Trinajstić information content (AvgIpc) is 2.60. The molecule has 1 N–H and O–H groups in total. The highest BCUT2D eigenvalue weighted by atomic mass is 19.1. The third kappa shape index (κ3) is 4.14. The Morgan fingerprint density at radius 1 is 1.12 bits per heavy atom. The van der Waals surface area contributed by atoms with E-state index in [1.165, 1.54) is 12.1 Å². The minimum Gasteiger partial charge on any atom is -0.366 e. The summed E-state index contributed by atoms with van der Waals surface area (Å²) in [5, 5.41) is 20.5. The largest absolute Gasteiger partial charge is 0.366 e. The Balaban J connectivity index is 1.57. The zero-order valence-electron chi connectivity index (χ0n) is 14.9. The minimum absolute atomic E-state index is 0.260. The van der Waals surface area contributed by atoms with E-state index in [-0.39, 0.29) is 6.04 Å². The van der Waals surface area contributed by atoms with Gasteiger partial charge >= 0.3 is 0 Å². The molecular weight excluding hydrogens is 336 g/mol. The molecule has 1 saturated heterocycles. The summed E-state index contributed by atoms with van der Waals surface area (Å²) in [6.07, 6.45) is 1.80. The molecule has 0 saturated carbocycles. The monoisotopic (exact) mass is 357 g/mol. The normalized spacial score (nSPS) is 15.7. The molecule has 2 heterocycles. The molecule has 5 nitrogen and oxygen atoms in total. The number of nitriles is 1. The number of nitrogens with zero attached hydrogens (tertiary/aromatic N) is 4. The third-order valence-electron chi connectivity index (χ3n) is 4.89. The van der Waals surface area contributed by atoms with Crippen molar-refractivity contribution in [1.29, 1.82) is 5.26 Å². The number of anilines is 1. The Hall–Kier alpha value is -2.59. The summed E-state index contributed by atoms with van der Waals surface area (Å²) in [6.45, 7) is 6.00. The summed E-state index contributed by atoms with van der Waals surface area (Å²) in [6, 6.07) is 5.96. The molecule has 7 heteroatoms. The van der Waals surface area contributed by atoms with Crippen molar-refractivity contribution in [2.75, 3.05) is 18.4 Å². The summed E-state index contributed by atoms with van der Waals surface area (Å²) in [4.78, 5) is 2.19. The van der Waals surface area contributed by atoms with Crippen LogP contribution in [-0.2, 0) is 6.54 Å². The molecule has 1 fully saturated rings. The second-order valence-corrected chi connectivity index (χ2v) is 6.73. The van der Waals surface area contributed by atoms with Crippen LogP contribution < -0.4 is 5.32 Å². The molecule has 0 atom stereocenters. The number of hydrogen-bond donors (Lipinski definition) is 1. The molecule has 1 aromatic heterocycles. The summed E-state index contributed by atoms with van der Waals surface area (Å²) >= 11 is 0.